The van der Waals surface area contributed by atoms with Crippen LogP contribution in [0.25, 0.3) is 126 Å². The first-order chi connectivity index (χ1) is 38.1. The molecule has 2 aliphatic rings. The Kier molecular flexibility index (Phi) is 9.02. The summed E-state index contributed by atoms with van der Waals surface area (Å²) in [6, 6.07) is 103. The summed E-state index contributed by atoms with van der Waals surface area (Å²) in [7, 11) is 0. The molecule has 356 valence electrons. The number of hydrogen-bond acceptors (Lipinski definition) is 0. The van der Waals surface area contributed by atoms with Crippen LogP contribution in [0.4, 0.5) is 0 Å². The number of benzene rings is 13. The van der Waals surface area contributed by atoms with Gasteiger partial charge in [0, 0.05) is 33.4 Å². The maximum atomic E-state index is 2.57. The molecular formula is C76H47N. The van der Waals surface area contributed by atoms with Gasteiger partial charge in [-0.05, 0) is 182 Å². The van der Waals surface area contributed by atoms with Crippen LogP contribution in [0.1, 0.15) is 45.2 Å². The zero-order valence-corrected chi connectivity index (χ0v) is 42.1. The minimum Gasteiger partial charge on any atom is -0.308 e. The van der Waals surface area contributed by atoms with Gasteiger partial charge in [0.1, 0.15) is 0 Å². The molecule has 0 aliphatic heterocycles. The van der Waals surface area contributed by atoms with Gasteiger partial charge in [-0.25, -0.2) is 0 Å². The Morgan fingerprint density at radius 2 is 0.597 bits per heavy atom. The van der Waals surface area contributed by atoms with E-state index >= 15 is 0 Å². The zero-order valence-electron chi connectivity index (χ0n) is 42.1. The van der Waals surface area contributed by atoms with Gasteiger partial charge in [-0.15, -0.1) is 0 Å². The quantitative estimate of drug-likeness (QED) is 0.156. The molecule has 2 aliphatic carbocycles. The van der Waals surface area contributed by atoms with Crippen LogP contribution in [0.2, 0.25) is 0 Å². The predicted molar refractivity (Wildman–Crippen MR) is 324 cm³/mol. The molecule has 0 radical (unpaired) electrons. The Bertz CT molecular complexity index is 4620. The smallest absolute Gasteiger partial charge is 0.0620 e. The van der Waals surface area contributed by atoms with Crippen molar-refractivity contribution in [3.63, 3.8) is 0 Å². The van der Waals surface area contributed by atoms with Crippen LogP contribution in [0.5, 0.6) is 0 Å². The highest BCUT2D eigenvalue weighted by atomic mass is 14.9. The predicted octanol–water partition coefficient (Wildman–Crippen LogP) is 20.1. The average Bonchev–Trinajstić information content (AvgIpc) is 4.23. The molecule has 0 N–H and O–H groups in total. The summed E-state index contributed by atoms with van der Waals surface area (Å²) >= 11 is 0. The topological polar surface area (TPSA) is 4.41 Å². The van der Waals surface area contributed by atoms with Gasteiger partial charge in [-0.1, -0.05) is 212 Å². The van der Waals surface area contributed by atoms with E-state index in [1.807, 2.05) is 0 Å². The first-order valence-electron chi connectivity index (χ1n) is 27.0. The molecule has 0 amide bonds. The summed E-state index contributed by atoms with van der Waals surface area (Å²) in [6.07, 6.45) is 0. The number of nitrogens with zero attached hydrogens (tertiary/aromatic N) is 1. The summed E-state index contributed by atoms with van der Waals surface area (Å²) < 4.78 is 2.57. The molecule has 0 saturated carbocycles. The SMILES string of the molecule is c1ccc(-c2ccc(-c3cc4c5cc6ccc(-c7ccc8c(c7)-c7ccccc7C8c7ccccc7)cc6cc5n5c6cc7cc(-c8ccc9c(c8)-c8ccccc8C9c8ccccc8)ccc7cc6c(c3)c45)cc2)cc1. The number of fused-ring (bicyclic) bond motifs is 14. The maximum absolute atomic E-state index is 2.57. The molecule has 1 nitrogen and oxygen atoms in total. The van der Waals surface area contributed by atoms with Crippen molar-refractivity contribution in [3.05, 3.63) is 306 Å². The third kappa shape index (κ3) is 6.41. The number of rotatable bonds is 6. The van der Waals surface area contributed by atoms with Crippen molar-refractivity contribution in [1.29, 1.82) is 0 Å². The van der Waals surface area contributed by atoms with Gasteiger partial charge in [0.15, 0.2) is 0 Å². The monoisotopic (exact) mass is 973 g/mol. The first kappa shape index (κ1) is 42.5. The molecule has 2 unspecified atom stereocenters. The van der Waals surface area contributed by atoms with E-state index in [9.17, 15) is 0 Å². The van der Waals surface area contributed by atoms with Crippen molar-refractivity contribution in [2.24, 2.45) is 0 Å². The minimum absolute atomic E-state index is 0.230. The van der Waals surface area contributed by atoms with E-state index in [0.29, 0.717) is 0 Å². The van der Waals surface area contributed by atoms with Crippen molar-refractivity contribution in [2.45, 2.75) is 11.8 Å². The maximum Gasteiger partial charge on any atom is 0.0620 e. The lowest BCUT2D eigenvalue weighted by molar-refractivity contribution is 1.02. The van der Waals surface area contributed by atoms with Gasteiger partial charge in [-0.2, -0.15) is 0 Å². The Labute approximate surface area is 446 Å². The highest BCUT2D eigenvalue weighted by Crippen LogP contribution is 2.52. The lowest BCUT2D eigenvalue weighted by Crippen LogP contribution is -1.98. The number of aromatic nitrogens is 1. The molecule has 0 saturated heterocycles. The molecule has 0 spiro atoms. The van der Waals surface area contributed by atoms with Gasteiger partial charge in [0.05, 0.1) is 16.6 Å². The Balaban J connectivity index is 0.836. The molecule has 0 bridgehead atoms. The van der Waals surface area contributed by atoms with Crippen LogP contribution in [0.3, 0.4) is 0 Å². The van der Waals surface area contributed by atoms with E-state index in [-0.39, 0.29) is 11.8 Å². The van der Waals surface area contributed by atoms with Gasteiger partial charge < -0.3 is 4.40 Å². The Morgan fingerprint density at radius 3 is 1.09 bits per heavy atom. The van der Waals surface area contributed by atoms with E-state index in [2.05, 4.69) is 277 Å². The summed E-state index contributed by atoms with van der Waals surface area (Å²) in [5.41, 5.74) is 27.1. The van der Waals surface area contributed by atoms with Crippen molar-refractivity contribution < 1.29 is 0 Å². The van der Waals surface area contributed by atoms with Crippen LogP contribution in [-0.4, -0.2) is 4.40 Å². The largest absolute Gasteiger partial charge is 0.308 e. The van der Waals surface area contributed by atoms with Crippen LogP contribution >= 0.6 is 0 Å². The second kappa shape index (κ2) is 16.3. The molecule has 1 heteroatoms. The molecule has 2 atom stereocenters. The molecule has 77 heavy (non-hydrogen) atoms. The average molecular weight is 974 g/mol. The van der Waals surface area contributed by atoms with Crippen molar-refractivity contribution in [3.8, 4) is 66.8 Å². The minimum atomic E-state index is 0.230. The lowest BCUT2D eigenvalue weighted by atomic mass is 9.89. The summed E-state index contributed by atoms with van der Waals surface area (Å²) in [6.45, 7) is 0. The van der Waals surface area contributed by atoms with Gasteiger partial charge >= 0.3 is 0 Å². The molecule has 2 heterocycles. The first-order valence-corrected chi connectivity index (χ1v) is 27.0. The molecular weight excluding hydrogens is 927 g/mol. The molecule has 0 fully saturated rings. The van der Waals surface area contributed by atoms with Crippen LogP contribution in [-0.2, 0) is 0 Å². The summed E-state index contributed by atoms with van der Waals surface area (Å²) in [5, 5.41) is 10.1. The highest BCUT2D eigenvalue weighted by molar-refractivity contribution is 6.27. The summed E-state index contributed by atoms with van der Waals surface area (Å²) in [5.74, 6) is 0.461. The highest BCUT2D eigenvalue weighted by Gasteiger charge is 2.32. The molecule has 13 aromatic carbocycles. The van der Waals surface area contributed by atoms with E-state index in [1.165, 1.54) is 160 Å². The normalized spacial score (nSPS) is 14.5. The molecule has 17 rings (SSSR count). The van der Waals surface area contributed by atoms with E-state index in [1.54, 1.807) is 0 Å². The van der Waals surface area contributed by atoms with E-state index < -0.39 is 0 Å². The third-order valence-corrected chi connectivity index (χ3v) is 17.4. The van der Waals surface area contributed by atoms with Crippen LogP contribution < -0.4 is 0 Å². The van der Waals surface area contributed by atoms with Crippen molar-refractivity contribution >= 4 is 59.6 Å². The van der Waals surface area contributed by atoms with Crippen LogP contribution in [0.15, 0.2) is 273 Å². The second-order valence-corrected chi connectivity index (χ2v) is 21.5. The zero-order chi connectivity index (χ0) is 50.3. The van der Waals surface area contributed by atoms with Crippen molar-refractivity contribution in [2.75, 3.05) is 0 Å². The van der Waals surface area contributed by atoms with Gasteiger partial charge in [0.2, 0.25) is 0 Å². The van der Waals surface area contributed by atoms with Gasteiger partial charge in [-0.3, -0.25) is 0 Å². The lowest BCUT2D eigenvalue weighted by Gasteiger charge is -2.14. The number of hydrogen-bond donors (Lipinski definition) is 0. The fourth-order valence-electron chi connectivity index (χ4n) is 13.8. The Morgan fingerprint density at radius 1 is 0.221 bits per heavy atom. The van der Waals surface area contributed by atoms with Gasteiger partial charge in [0.25, 0.3) is 0 Å². The Hall–Kier alpha value is -9.82. The molecule has 15 aromatic rings. The van der Waals surface area contributed by atoms with Crippen molar-refractivity contribution in [1.82, 2.24) is 4.40 Å². The standard InChI is InChI=1S/C76H47N/c1-4-14-46(15-5-1)47-24-26-48(27-25-47)59-42-70-68-40-55-30-28-51(53-32-34-64-66(38-53)60-20-10-12-22-62(60)74(64)49-16-6-2-7-17-49)36-57(55)44-72(68)77-73-45-58-37-52(29-31-56(58)41-69(73)71(43-59)76(70)77)54-33-35-65-67(39-54)61-21-11-13-23-63(61)75(65)50-18-8-3-9-19-50/h1-45,74-75H. The van der Waals surface area contributed by atoms with Crippen LogP contribution in [0, 0.1) is 0 Å². The molecule has 2 aromatic heterocycles. The third-order valence-electron chi connectivity index (χ3n) is 17.4. The fraction of sp³-hybridized carbons (Fsp3) is 0.0263. The van der Waals surface area contributed by atoms with E-state index in [4.69, 9.17) is 0 Å². The fourth-order valence-corrected chi connectivity index (χ4v) is 13.8. The second-order valence-electron chi connectivity index (χ2n) is 21.5. The van der Waals surface area contributed by atoms with E-state index in [0.717, 1.165) is 0 Å². The summed E-state index contributed by atoms with van der Waals surface area (Å²) in [4.78, 5) is 0.